The van der Waals surface area contributed by atoms with Gasteiger partial charge in [-0.15, -0.1) is 0 Å². The predicted molar refractivity (Wildman–Crippen MR) is 40.7 cm³/mol. The third-order valence-corrected chi connectivity index (χ3v) is 2.31. The topological polar surface area (TPSA) is 38.4 Å². The predicted octanol–water partition coefficient (Wildman–Crippen LogP) is 0.0914. The zero-order chi connectivity index (χ0) is 7.68. The molecule has 3 heteroatoms. The van der Waals surface area contributed by atoms with Gasteiger partial charge in [-0.1, -0.05) is 11.1 Å². The van der Waals surface area contributed by atoms with E-state index >= 15 is 0 Å². The van der Waals surface area contributed by atoms with E-state index in [4.69, 9.17) is 0 Å². The third-order valence-electron chi connectivity index (χ3n) is 2.31. The Morgan fingerprint density at radius 3 is 2.36 bits per heavy atom. The van der Waals surface area contributed by atoms with E-state index in [9.17, 15) is 5.11 Å². The minimum atomic E-state index is 0.0306. The first kappa shape index (κ1) is 6.83. The molecule has 2 rings (SSSR count). The van der Waals surface area contributed by atoms with Gasteiger partial charge in [0.1, 0.15) is 5.90 Å². The molecule has 1 aliphatic heterocycles. The highest BCUT2D eigenvalue weighted by Gasteiger charge is 2.23. The van der Waals surface area contributed by atoms with Crippen LogP contribution < -0.4 is 5.11 Å². The van der Waals surface area contributed by atoms with Crippen molar-refractivity contribution in [2.75, 3.05) is 6.54 Å². The Hall–Kier alpha value is -0.860. The zero-order valence-corrected chi connectivity index (χ0v) is 6.55. The fourth-order valence-corrected chi connectivity index (χ4v) is 1.65. The summed E-state index contributed by atoms with van der Waals surface area (Å²) in [6.07, 6.45) is 6.18. The van der Waals surface area contributed by atoms with Gasteiger partial charge in [-0.2, -0.15) is 0 Å². The Kier molecular flexibility index (Phi) is 1.64. The molecule has 1 saturated carbocycles. The summed E-state index contributed by atoms with van der Waals surface area (Å²) in [4.78, 5) is 0. The third kappa shape index (κ3) is 1.27. The van der Waals surface area contributed by atoms with Crippen molar-refractivity contribution >= 4 is 11.6 Å². The van der Waals surface area contributed by atoms with Crippen molar-refractivity contribution in [1.29, 1.82) is 0 Å². The van der Waals surface area contributed by atoms with Gasteiger partial charge >= 0.3 is 0 Å². The fraction of sp³-hybridized carbons (Fsp3) is 0.750. The molecule has 0 saturated heterocycles. The van der Waals surface area contributed by atoms with Gasteiger partial charge in [0.15, 0.2) is 5.71 Å². The second kappa shape index (κ2) is 2.64. The smallest absolute Gasteiger partial charge is 0.208 e. The van der Waals surface area contributed by atoms with Crippen LogP contribution in [0.25, 0.3) is 0 Å². The quantitative estimate of drug-likeness (QED) is 0.453. The molecular formula is C8H12N2O. The number of rotatable bonds is 0. The Balaban J connectivity index is 2.08. The van der Waals surface area contributed by atoms with Crippen LogP contribution in [0.3, 0.4) is 0 Å². The number of nitrogens with zero attached hydrogens (tertiary/aromatic N) is 2. The van der Waals surface area contributed by atoms with Crippen LogP contribution in [0, 0.1) is 0 Å². The van der Waals surface area contributed by atoms with Gasteiger partial charge in [0.2, 0.25) is 6.54 Å². The lowest BCUT2D eigenvalue weighted by molar-refractivity contribution is -0.565. The van der Waals surface area contributed by atoms with Crippen LogP contribution in [0.5, 0.6) is 0 Å². The molecule has 1 aliphatic carbocycles. The fourth-order valence-electron chi connectivity index (χ4n) is 1.65. The van der Waals surface area contributed by atoms with Gasteiger partial charge in [-0.25, -0.2) is 0 Å². The van der Waals surface area contributed by atoms with Crippen LogP contribution in [-0.2, 0) is 0 Å². The first-order valence-electron chi connectivity index (χ1n) is 4.23. The summed E-state index contributed by atoms with van der Waals surface area (Å²) in [5.41, 5.74) is 1.37. The van der Waals surface area contributed by atoms with Gasteiger partial charge in [0, 0.05) is 12.8 Å². The molecule has 1 fully saturated rings. The van der Waals surface area contributed by atoms with Gasteiger partial charge < -0.3 is 5.11 Å². The van der Waals surface area contributed by atoms with Gasteiger partial charge in [-0.3, -0.25) is 0 Å². The van der Waals surface area contributed by atoms with Crippen molar-refractivity contribution in [3.05, 3.63) is 0 Å². The van der Waals surface area contributed by atoms with Crippen molar-refractivity contribution in [1.82, 2.24) is 0 Å². The minimum Gasteiger partial charge on any atom is -0.853 e. The highest BCUT2D eigenvalue weighted by molar-refractivity contribution is 5.83. The molecule has 1 heterocycles. The van der Waals surface area contributed by atoms with Crippen molar-refractivity contribution in [3.63, 3.8) is 0 Å². The summed E-state index contributed by atoms with van der Waals surface area (Å²) in [5.74, 6) is 0.0306. The van der Waals surface area contributed by atoms with E-state index in [0.29, 0.717) is 6.54 Å². The van der Waals surface area contributed by atoms with Crippen molar-refractivity contribution in [3.8, 4) is 0 Å². The second-order valence-corrected chi connectivity index (χ2v) is 3.18. The molecule has 0 spiro atoms. The SMILES string of the molecule is [O-]C1=N[N+](=C2CCCCC2)C1. The monoisotopic (exact) mass is 152 g/mol. The molecule has 3 nitrogen and oxygen atoms in total. The zero-order valence-electron chi connectivity index (χ0n) is 6.55. The average Bonchev–Trinajstić information content (AvgIpc) is 2.01. The first-order chi connectivity index (χ1) is 5.36. The molecule has 0 radical (unpaired) electrons. The molecule has 2 aliphatic rings. The molecule has 0 aromatic carbocycles. The largest absolute Gasteiger partial charge is 0.853 e. The lowest BCUT2D eigenvalue weighted by atomic mass is 9.98. The number of hydrogen-bond acceptors (Lipinski definition) is 2. The second-order valence-electron chi connectivity index (χ2n) is 3.18. The van der Waals surface area contributed by atoms with E-state index in [1.165, 1.54) is 25.0 Å². The van der Waals surface area contributed by atoms with Crippen molar-refractivity contribution < 1.29 is 9.79 Å². The van der Waals surface area contributed by atoms with Gasteiger partial charge in [-0.05, 0) is 17.9 Å². The standard InChI is InChI=1S/C8H12N2O/c11-8-6-10(9-8)7-4-2-1-3-5-7/h1-6H2. The molecule has 0 N–H and O–H groups in total. The van der Waals surface area contributed by atoms with E-state index in [0.717, 1.165) is 12.8 Å². The minimum absolute atomic E-state index is 0.0306. The van der Waals surface area contributed by atoms with E-state index in [1.54, 1.807) is 0 Å². The Morgan fingerprint density at radius 2 is 1.82 bits per heavy atom. The summed E-state index contributed by atoms with van der Waals surface area (Å²) in [6.45, 7) is 0.537. The molecule has 0 bridgehead atoms. The number of hydrogen-bond donors (Lipinski definition) is 0. The highest BCUT2D eigenvalue weighted by Crippen LogP contribution is 2.15. The maximum Gasteiger partial charge on any atom is 0.208 e. The highest BCUT2D eigenvalue weighted by atomic mass is 16.3. The lowest BCUT2D eigenvalue weighted by Gasteiger charge is -2.17. The van der Waals surface area contributed by atoms with Crippen molar-refractivity contribution in [2.24, 2.45) is 5.10 Å². The normalized spacial score (nSPS) is 24.5. The molecule has 0 aromatic rings. The van der Waals surface area contributed by atoms with E-state index in [-0.39, 0.29) is 5.90 Å². The molecule has 0 amide bonds. The van der Waals surface area contributed by atoms with Crippen LogP contribution in [0.2, 0.25) is 0 Å². The molecule has 0 unspecified atom stereocenters. The molecule has 11 heavy (non-hydrogen) atoms. The Morgan fingerprint density at radius 1 is 1.18 bits per heavy atom. The molecule has 0 aromatic heterocycles. The molecule has 0 atom stereocenters. The lowest BCUT2D eigenvalue weighted by Crippen LogP contribution is -2.41. The van der Waals surface area contributed by atoms with Crippen LogP contribution in [0.4, 0.5) is 0 Å². The van der Waals surface area contributed by atoms with E-state index in [2.05, 4.69) is 5.10 Å². The van der Waals surface area contributed by atoms with Crippen LogP contribution in [-0.4, -0.2) is 22.8 Å². The Labute approximate surface area is 66.0 Å². The van der Waals surface area contributed by atoms with Crippen LogP contribution in [0.15, 0.2) is 5.10 Å². The summed E-state index contributed by atoms with van der Waals surface area (Å²) >= 11 is 0. The first-order valence-corrected chi connectivity index (χ1v) is 4.23. The number of hydrazone groups is 1. The van der Waals surface area contributed by atoms with Crippen LogP contribution >= 0.6 is 0 Å². The summed E-state index contributed by atoms with van der Waals surface area (Å²) in [7, 11) is 0. The summed E-state index contributed by atoms with van der Waals surface area (Å²) in [6, 6.07) is 0. The van der Waals surface area contributed by atoms with Gasteiger partial charge in [0.05, 0.1) is 0 Å². The van der Waals surface area contributed by atoms with E-state index < -0.39 is 0 Å². The maximum atomic E-state index is 10.5. The summed E-state index contributed by atoms with van der Waals surface area (Å²) < 4.78 is 1.88. The van der Waals surface area contributed by atoms with Gasteiger partial charge in [0.25, 0.3) is 0 Å². The average molecular weight is 152 g/mol. The Bertz CT molecular complexity index is 222. The van der Waals surface area contributed by atoms with Crippen molar-refractivity contribution in [2.45, 2.75) is 32.1 Å². The van der Waals surface area contributed by atoms with Crippen LogP contribution in [0.1, 0.15) is 32.1 Å². The maximum absolute atomic E-state index is 10.5. The molecule has 60 valence electrons. The summed E-state index contributed by atoms with van der Waals surface area (Å²) in [5, 5.41) is 14.3. The molecular weight excluding hydrogens is 140 g/mol. The van der Waals surface area contributed by atoms with E-state index in [1.807, 2.05) is 4.68 Å².